The van der Waals surface area contributed by atoms with Gasteiger partial charge in [0, 0.05) is 36.0 Å². The maximum absolute atomic E-state index is 12.2. The average Bonchev–Trinajstić information content (AvgIpc) is 3.02. The lowest BCUT2D eigenvalue weighted by molar-refractivity contribution is -0.122. The summed E-state index contributed by atoms with van der Waals surface area (Å²) in [5.41, 5.74) is 1.86. The molecule has 138 valence electrons. The molecule has 3 rings (SSSR count). The molecule has 7 nitrogen and oxygen atoms in total. The molecule has 0 saturated carbocycles. The number of methoxy groups -OCH3 is 1. The lowest BCUT2D eigenvalue weighted by Gasteiger charge is -2.25. The van der Waals surface area contributed by atoms with Crippen LogP contribution < -0.4 is 10.6 Å². The molecule has 1 aliphatic rings. The quantitative estimate of drug-likeness (QED) is 0.814. The largest absolute Gasteiger partial charge is 0.453 e. The first kappa shape index (κ1) is 18.6. The highest BCUT2D eigenvalue weighted by Gasteiger charge is 2.22. The Bertz CT molecular complexity index is 811. The van der Waals surface area contributed by atoms with Crippen molar-refractivity contribution in [2.24, 2.45) is 0 Å². The molecule has 1 aromatic heterocycles. The molecule has 0 bridgehead atoms. The van der Waals surface area contributed by atoms with Gasteiger partial charge < -0.3 is 10.1 Å². The van der Waals surface area contributed by atoms with E-state index in [2.05, 4.69) is 25.3 Å². The zero-order chi connectivity index (χ0) is 18.5. The zero-order valence-electron chi connectivity index (χ0n) is 14.3. The number of benzene rings is 1. The van der Waals surface area contributed by atoms with E-state index in [1.165, 1.54) is 18.4 Å². The molecule has 0 fully saturated rings. The summed E-state index contributed by atoms with van der Waals surface area (Å²) in [4.78, 5) is 31.0. The molecule has 2 heterocycles. The number of thiazole rings is 1. The highest BCUT2D eigenvalue weighted by atomic mass is 35.5. The van der Waals surface area contributed by atoms with Crippen LogP contribution in [0.2, 0.25) is 5.02 Å². The van der Waals surface area contributed by atoms with Crippen LogP contribution in [0.1, 0.15) is 16.1 Å². The van der Waals surface area contributed by atoms with Gasteiger partial charge >= 0.3 is 6.09 Å². The van der Waals surface area contributed by atoms with Gasteiger partial charge in [0.2, 0.25) is 5.91 Å². The van der Waals surface area contributed by atoms with E-state index in [0.717, 1.165) is 29.1 Å². The van der Waals surface area contributed by atoms with Crippen LogP contribution >= 0.6 is 22.9 Å². The fourth-order valence-electron chi connectivity index (χ4n) is 2.67. The van der Waals surface area contributed by atoms with E-state index in [1.807, 2.05) is 18.2 Å². The summed E-state index contributed by atoms with van der Waals surface area (Å²) in [5.74, 6) is -0.0502. The molecular weight excluding hydrogens is 376 g/mol. The highest BCUT2D eigenvalue weighted by molar-refractivity contribution is 7.15. The van der Waals surface area contributed by atoms with E-state index in [-0.39, 0.29) is 5.91 Å². The number of fused-ring (bicyclic) bond motifs is 1. The third kappa shape index (κ3) is 4.72. The van der Waals surface area contributed by atoms with E-state index in [4.69, 9.17) is 11.6 Å². The predicted octanol–water partition coefficient (Wildman–Crippen LogP) is 2.65. The van der Waals surface area contributed by atoms with Crippen molar-refractivity contribution in [2.75, 3.05) is 25.5 Å². The van der Waals surface area contributed by atoms with Gasteiger partial charge in [-0.25, -0.2) is 9.78 Å². The third-order valence-corrected chi connectivity index (χ3v) is 5.37. The molecule has 0 radical (unpaired) electrons. The maximum Gasteiger partial charge on any atom is 0.413 e. The normalized spacial score (nSPS) is 13.8. The molecule has 2 amide bonds. The molecule has 0 unspecified atom stereocenters. The Hall–Kier alpha value is -2.16. The molecule has 0 spiro atoms. The van der Waals surface area contributed by atoms with Gasteiger partial charge in [-0.15, -0.1) is 0 Å². The lowest BCUT2D eigenvalue weighted by Crippen LogP contribution is -2.39. The summed E-state index contributed by atoms with van der Waals surface area (Å²) >= 11 is 7.51. The molecule has 26 heavy (non-hydrogen) atoms. The first-order valence-corrected chi connectivity index (χ1v) is 9.30. The first-order chi connectivity index (χ1) is 12.5. The number of halogens is 1. The predicted molar refractivity (Wildman–Crippen MR) is 100 cm³/mol. The monoisotopic (exact) mass is 394 g/mol. The number of rotatable bonds is 5. The third-order valence-electron chi connectivity index (χ3n) is 4.01. The van der Waals surface area contributed by atoms with Crippen LogP contribution in [-0.2, 0) is 29.0 Å². The molecular formula is C17H19ClN4O3S. The highest BCUT2D eigenvalue weighted by Crippen LogP contribution is 2.28. The minimum atomic E-state index is -0.535. The Morgan fingerprint density at radius 2 is 2.19 bits per heavy atom. The second-order valence-electron chi connectivity index (χ2n) is 5.83. The van der Waals surface area contributed by atoms with Gasteiger partial charge in [0.05, 0.1) is 19.3 Å². The maximum atomic E-state index is 12.2. The second-order valence-corrected chi connectivity index (χ2v) is 7.33. The minimum absolute atomic E-state index is 0.0502. The first-order valence-electron chi connectivity index (χ1n) is 8.11. The van der Waals surface area contributed by atoms with Crippen LogP contribution in [0.15, 0.2) is 24.3 Å². The number of amides is 2. The number of nitrogens with one attached hydrogen (secondary N) is 2. The van der Waals surface area contributed by atoms with Gasteiger partial charge in [0.15, 0.2) is 5.13 Å². The van der Waals surface area contributed by atoms with Crippen molar-refractivity contribution >= 4 is 40.1 Å². The van der Waals surface area contributed by atoms with Crippen LogP contribution in [0.5, 0.6) is 0 Å². The summed E-state index contributed by atoms with van der Waals surface area (Å²) in [6.07, 6.45) is 0.207. The van der Waals surface area contributed by atoms with E-state index in [1.54, 1.807) is 6.07 Å². The zero-order valence-corrected chi connectivity index (χ0v) is 15.8. The van der Waals surface area contributed by atoms with Crippen molar-refractivity contribution in [1.82, 2.24) is 15.2 Å². The van der Waals surface area contributed by atoms with E-state index in [0.29, 0.717) is 29.8 Å². The Morgan fingerprint density at radius 1 is 1.38 bits per heavy atom. The molecule has 0 atom stereocenters. The number of aromatic nitrogens is 1. The number of nitrogens with zero attached hydrogens (tertiary/aromatic N) is 2. The van der Waals surface area contributed by atoms with Crippen LogP contribution in [-0.4, -0.2) is 42.1 Å². The molecule has 2 aromatic rings. The van der Waals surface area contributed by atoms with Gasteiger partial charge in [-0.3, -0.25) is 15.0 Å². The van der Waals surface area contributed by atoms with E-state index >= 15 is 0 Å². The Balaban J connectivity index is 1.51. The Kier molecular flexibility index (Phi) is 6.08. The summed E-state index contributed by atoms with van der Waals surface area (Å²) in [6, 6.07) is 7.45. The van der Waals surface area contributed by atoms with Gasteiger partial charge in [0.1, 0.15) is 0 Å². The summed E-state index contributed by atoms with van der Waals surface area (Å²) < 4.78 is 4.58. The molecule has 2 N–H and O–H groups in total. The molecule has 0 saturated heterocycles. The van der Waals surface area contributed by atoms with Crippen molar-refractivity contribution < 1.29 is 14.3 Å². The van der Waals surface area contributed by atoms with E-state index < -0.39 is 6.09 Å². The minimum Gasteiger partial charge on any atom is -0.453 e. The summed E-state index contributed by atoms with van der Waals surface area (Å²) in [6.45, 7) is 2.09. The second kappa shape index (κ2) is 8.48. The summed E-state index contributed by atoms with van der Waals surface area (Å²) in [7, 11) is 1.31. The molecule has 1 aromatic carbocycles. The van der Waals surface area contributed by atoms with Crippen molar-refractivity contribution in [3.8, 4) is 0 Å². The van der Waals surface area contributed by atoms with Crippen molar-refractivity contribution in [3.63, 3.8) is 0 Å². The smallest absolute Gasteiger partial charge is 0.413 e. The number of anilines is 1. The topological polar surface area (TPSA) is 83.6 Å². The number of hydrogen-bond acceptors (Lipinski definition) is 6. The SMILES string of the molecule is COC(=O)Nc1nc2c(s1)CN(CC(=O)NCc1ccccc1Cl)CC2. The number of carbonyl (C=O) groups excluding carboxylic acids is 2. The number of ether oxygens (including phenoxy) is 1. The number of carbonyl (C=O) groups is 2. The fourth-order valence-corrected chi connectivity index (χ4v) is 3.91. The van der Waals surface area contributed by atoms with Gasteiger partial charge in [-0.1, -0.05) is 41.1 Å². The van der Waals surface area contributed by atoms with Crippen molar-refractivity contribution in [2.45, 2.75) is 19.5 Å². The van der Waals surface area contributed by atoms with E-state index in [9.17, 15) is 9.59 Å². The average molecular weight is 395 g/mol. The van der Waals surface area contributed by atoms with Gasteiger partial charge in [-0.2, -0.15) is 0 Å². The van der Waals surface area contributed by atoms with Gasteiger partial charge in [0.25, 0.3) is 0 Å². The summed E-state index contributed by atoms with van der Waals surface area (Å²) in [5, 5.41) is 6.65. The fraction of sp³-hybridized carbons (Fsp3) is 0.353. The lowest BCUT2D eigenvalue weighted by atomic mass is 10.2. The van der Waals surface area contributed by atoms with Crippen LogP contribution in [0, 0.1) is 0 Å². The standard InChI is InChI=1S/C17H19ClN4O3S/c1-25-17(24)21-16-20-13-6-7-22(9-14(13)26-16)10-15(23)19-8-11-4-2-3-5-12(11)18/h2-5H,6-10H2,1H3,(H,19,23)(H,20,21,24). The van der Waals surface area contributed by atoms with Crippen molar-refractivity contribution in [1.29, 1.82) is 0 Å². The number of hydrogen-bond donors (Lipinski definition) is 2. The van der Waals surface area contributed by atoms with Gasteiger partial charge in [-0.05, 0) is 11.6 Å². The van der Waals surface area contributed by atoms with Crippen LogP contribution in [0.4, 0.5) is 9.93 Å². The Labute approximate surface area is 160 Å². The molecule has 1 aliphatic heterocycles. The molecule has 0 aliphatic carbocycles. The Morgan fingerprint density at radius 3 is 2.96 bits per heavy atom. The van der Waals surface area contributed by atoms with Crippen LogP contribution in [0.3, 0.4) is 0 Å². The van der Waals surface area contributed by atoms with Crippen molar-refractivity contribution in [3.05, 3.63) is 45.4 Å². The molecule has 9 heteroatoms. The van der Waals surface area contributed by atoms with Crippen LogP contribution in [0.25, 0.3) is 0 Å².